The van der Waals surface area contributed by atoms with Crippen LogP contribution in [-0.2, 0) is 15.6 Å². The predicted molar refractivity (Wildman–Crippen MR) is 94.2 cm³/mol. The molecule has 0 fully saturated rings. The van der Waals surface area contributed by atoms with E-state index in [4.69, 9.17) is 17.3 Å². The van der Waals surface area contributed by atoms with Crippen LogP contribution in [0.1, 0.15) is 16.8 Å². The molecule has 24 heavy (non-hydrogen) atoms. The Morgan fingerprint density at radius 2 is 1.71 bits per heavy atom. The zero-order chi connectivity index (χ0) is 17.5. The summed E-state index contributed by atoms with van der Waals surface area (Å²) in [6.45, 7) is 0. The van der Waals surface area contributed by atoms with Gasteiger partial charge in [0, 0.05) is 21.2 Å². The molecule has 0 radical (unpaired) electrons. The maximum absolute atomic E-state index is 12.2. The van der Waals surface area contributed by atoms with Gasteiger partial charge in [-0.25, -0.2) is 0 Å². The van der Waals surface area contributed by atoms with E-state index in [1.165, 1.54) is 0 Å². The van der Waals surface area contributed by atoms with Crippen LogP contribution in [0.4, 0.5) is 0 Å². The minimum atomic E-state index is -1.26. The Kier molecular flexibility index (Phi) is 6.52. The Morgan fingerprint density at radius 1 is 1.08 bits per heavy atom. The van der Waals surface area contributed by atoms with Crippen molar-refractivity contribution in [2.75, 3.05) is 5.75 Å². The molecule has 0 heterocycles. The Bertz CT molecular complexity index is 735. The van der Waals surface area contributed by atoms with Crippen LogP contribution < -0.4 is 11.1 Å². The molecule has 2 aromatic rings. The molecule has 5 nitrogen and oxygen atoms in total. The lowest BCUT2D eigenvalue weighted by atomic mass is 10.1. The normalized spacial score (nSPS) is 13.0. The van der Waals surface area contributed by atoms with E-state index in [9.17, 15) is 13.8 Å². The number of carbonyl (C=O) groups excluding carboxylic acids is 2. The third-order valence-corrected chi connectivity index (χ3v) is 5.01. The molecule has 7 heteroatoms. The maximum Gasteiger partial charge on any atom is 0.251 e. The van der Waals surface area contributed by atoms with E-state index < -0.39 is 28.7 Å². The fourth-order valence-corrected chi connectivity index (χ4v) is 3.32. The highest BCUT2D eigenvalue weighted by atomic mass is 35.5. The predicted octanol–water partition coefficient (Wildman–Crippen LogP) is 2.12. The van der Waals surface area contributed by atoms with Gasteiger partial charge in [0.2, 0.25) is 5.91 Å². The van der Waals surface area contributed by atoms with Gasteiger partial charge in [0.25, 0.3) is 5.91 Å². The van der Waals surface area contributed by atoms with Gasteiger partial charge >= 0.3 is 0 Å². The number of hydrogen-bond donors (Lipinski definition) is 2. The molecule has 2 atom stereocenters. The lowest BCUT2D eigenvalue weighted by molar-refractivity contribution is -0.119. The zero-order valence-electron chi connectivity index (χ0n) is 12.8. The van der Waals surface area contributed by atoms with E-state index in [1.54, 1.807) is 48.5 Å². The number of nitrogens with one attached hydrogen (secondary N) is 1. The van der Waals surface area contributed by atoms with Crippen LogP contribution in [-0.4, -0.2) is 27.8 Å². The maximum atomic E-state index is 12.2. The van der Waals surface area contributed by atoms with E-state index in [0.717, 1.165) is 0 Å². The molecule has 2 aromatic carbocycles. The molecular formula is C17H17ClN2O3S. The standard InChI is InChI=1S/C17H17ClN2O3S/c18-13-8-6-12(7-9-13)17(22)20-15(16(19)21)10-11-24(23)14-4-2-1-3-5-14/h1-9,15H,10-11H2,(H2,19,21)(H,20,22)/t15-,24-/m1/s1. The molecule has 0 aromatic heterocycles. The summed E-state index contributed by atoms with van der Waals surface area (Å²) >= 11 is 5.78. The average Bonchev–Trinajstić information content (AvgIpc) is 2.59. The second-order valence-electron chi connectivity index (χ2n) is 5.09. The number of amides is 2. The Labute approximate surface area is 147 Å². The summed E-state index contributed by atoms with van der Waals surface area (Å²) in [4.78, 5) is 24.4. The van der Waals surface area contributed by atoms with Crippen molar-refractivity contribution >= 4 is 34.2 Å². The van der Waals surface area contributed by atoms with E-state index in [-0.39, 0.29) is 12.2 Å². The second kappa shape index (κ2) is 8.61. The lowest BCUT2D eigenvalue weighted by Crippen LogP contribution is -2.45. The largest absolute Gasteiger partial charge is 0.368 e. The van der Waals surface area contributed by atoms with Gasteiger partial charge in [-0.15, -0.1) is 0 Å². The number of hydrogen-bond acceptors (Lipinski definition) is 3. The summed E-state index contributed by atoms with van der Waals surface area (Å²) in [6, 6.07) is 14.3. The summed E-state index contributed by atoms with van der Waals surface area (Å²) in [5, 5.41) is 3.08. The van der Waals surface area contributed by atoms with Crippen molar-refractivity contribution in [2.24, 2.45) is 5.73 Å². The molecule has 3 N–H and O–H groups in total. The number of rotatable bonds is 7. The highest BCUT2D eigenvalue weighted by Gasteiger charge is 2.20. The van der Waals surface area contributed by atoms with Gasteiger partial charge in [-0.2, -0.15) is 0 Å². The Balaban J connectivity index is 1.97. The number of nitrogens with two attached hydrogens (primary N) is 1. The van der Waals surface area contributed by atoms with Crippen molar-refractivity contribution in [2.45, 2.75) is 17.4 Å². The summed E-state index contributed by atoms with van der Waals surface area (Å²) in [5.41, 5.74) is 5.71. The third kappa shape index (κ3) is 5.18. The van der Waals surface area contributed by atoms with Gasteiger partial charge in [-0.1, -0.05) is 29.8 Å². The van der Waals surface area contributed by atoms with Crippen LogP contribution in [0.5, 0.6) is 0 Å². The van der Waals surface area contributed by atoms with Gasteiger partial charge in [0.15, 0.2) is 0 Å². The van der Waals surface area contributed by atoms with Crippen molar-refractivity contribution in [3.63, 3.8) is 0 Å². The molecule has 0 aliphatic carbocycles. The van der Waals surface area contributed by atoms with Crippen LogP contribution >= 0.6 is 11.6 Å². The van der Waals surface area contributed by atoms with Gasteiger partial charge in [0.05, 0.1) is 10.8 Å². The first kappa shape index (κ1) is 18.2. The second-order valence-corrected chi connectivity index (χ2v) is 7.09. The van der Waals surface area contributed by atoms with Crippen molar-refractivity contribution in [1.29, 1.82) is 0 Å². The van der Waals surface area contributed by atoms with Crippen LogP contribution in [0.2, 0.25) is 5.02 Å². The van der Waals surface area contributed by atoms with Crippen molar-refractivity contribution in [1.82, 2.24) is 5.32 Å². The number of halogens is 1. The number of carbonyl (C=O) groups is 2. The van der Waals surface area contributed by atoms with Gasteiger partial charge < -0.3 is 11.1 Å². The summed E-state index contributed by atoms with van der Waals surface area (Å²) in [5.74, 6) is -0.873. The van der Waals surface area contributed by atoms with E-state index in [2.05, 4.69) is 5.32 Å². The molecule has 0 aliphatic rings. The fraction of sp³-hybridized carbons (Fsp3) is 0.176. The van der Waals surface area contributed by atoms with Gasteiger partial charge in [-0.3, -0.25) is 13.8 Å². The first-order chi connectivity index (χ1) is 11.5. The minimum Gasteiger partial charge on any atom is -0.368 e. The first-order valence-electron chi connectivity index (χ1n) is 7.26. The first-order valence-corrected chi connectivity index (χ1v) is 8.96. The summed E-state index contributed by atoms with van der Waals surface area (Å²) in [6.07, 6.45) is 0.191. The fourth-order valence-electron chi connectivity index (χ4n) is 2.04. The molecule has 2 amide bonds. The molecule has 0 saturated carbocycles. The molecule has 0 saturated heterocycles. The highest BCUT2D eigenvalue weighted by Crippen LogP contribution is 2.11. The average molecular weight is 365 g/mol. The Morgan fingerprint density at radius 3 is 2.29 bits per heavy atom. The molecule has 0 spiro atoms. The minimum absolute atomic E-state index is 0.191. The molecule has 0 bridgehead atoms. The van der Waals surface area contributed by atoms with E-state index in [1.807, 2.05) is 6.07 Å². The smallest absolute Gasteiger partial charge is 0.251 e. The van der Waals surface area contributed by atoms with Gasteiger partial charge in [0.1, 0.15) is 6.04 Å². The molecule has 126 valence electrons. The lowest BCUT2D eigenvalue weighted by Gasteiger charge is -2.15. The molecule has 0 unspecified atom stereocenters. The summed E-state index contributed by atoms with van der Waals surface area (Å²) < 4.78 is 12.2. The molecule has 2 rings (SSSR count). The number of benzene rings is 2. The Hall–Kier alpha value is -2.18. The zero-order valence-corrected chi connectivity index (χ0v) is 14.3. The van der Waals surface area contributed by atoms with Crippen molar-refractivity contribution in [3.8, 4) is 0 Å². The topological polar surface area (TPSA) is 89.3 Å². The van der Waals surface area contributed by atoms with Crippen molar-refractivity contribution in [3.05, 3.63) is 65.2 Å². The monoisotopic (exact) mass is 364 g/mol. The molecular weight excluding hydrogens is 348 g/mol. The van der Waals surface area contributed by atoms with Crippen LogP contribution in [0.3, 0.4) is 0 Å². The quantitative estimate of drug-likeness (QED) is 0.788. The van der Waals surface area contributed by atoms with Crippen LogP contribution in [0.25, 0.3) is 0 Å². The highest BCUT2D eigenvalue weighted by molar-refractivity contribution is 7.85. The van der Waals surface area contributed by atoms with Crippen molar-refractivity contribution < 1.29 is 13.8 Å². The third-order valence-electron chi connectivity index (χ3n) is 3.35. The van der Waals surface area contributed by atoms with E-state index in [0.29, 0.717) is 15.5 Å². The van der Waals surface area contributed by atoms with E-state index >= 15 is 0 Å². The van der Waals surface area contributed by atoms with Crippen LogP contribution in [0.15, 0.2) is 59.5 Å². The van der Waals surface area contributed by atoms with Gasteiger partial charge in [-0.05, 0) is 42.8 Å². The molecule has 0 aliphatic heterocycles. The number of primary amides is 1. The van der Waals surface area contributed by atoms with Crippen LogP contribution in [0, 0.1) is 0 Å². The SMILES string of the molecule is NC(=O)[C@@H](CC[S@@](=O)c1ccccc1)NC(=O)c1ccc(Cl)cc1. The summed E-state index contributed by atoms with van der Waals surface area (Å²) in [7, 11) is -1.26.